The molecule has 236 valence electrons. The first-order valence-electron chi connectivity index (χ1n) is 14.6. The van der Waals surface area contributed by atoms with Crippen molar-refractivity contribution in [2.45, 2.75) is 43.9 Å². The molecule has 0 fully saturated rings. The zero-order valence-electron chi connectivity index (χ0n) is 24.1. The van der Waals surface area contributed by atoms with Crippen molar-refractivity contribution >= 4 is 11.6 Å². The number of alkyl halides is 3. The van der Waals surface area contributed by atoms with Crippen LogP contribution >= 0.6 is 0 Å². The fourth-order valence-electron chi connectivity index (χ4n) is 6.84. The largest absolute Gasteiger partial charge is 0.508 e. The number of aromatic nitrogens is 1. The second kappa shape index (κ2) is 10.8. The van der Waals surface area contributed by atoms with E-state index in [-0.39, 0.29) is 65.7 Å². The predicted molar refractivity (Wildman–Crippen MR) is 155 cm³/mol. The zero-order chi connectivity index (χ0) is 32.4. The van der Waals surface area contributed by atoms with Gasteiger partial charge >= 0.3 is 6.18 Å². The molecule has 7 rings (SSSR count). The Hall–Kier alpha value is -4.94. The lowest BCUT2D eigenvalue weighted by atomic mass is 9.59. The molecule has 3 aromatic carbocycles. The van der Waals surface area contributed by atoms with E-state index < -0.39 is 52.5 Å². The third-order valence-electron chi connectivity index (χ3n) is 9.05. The molecule has 0 saturated carbocycles. The van der Waals surface area contributed by atoms with Gasteiger partial charge in [0.1, 0.15) is 30.3 Å². The number of ketones is 2. The number of benzene rings is 3. The van der Waals surface area contributed by atoms with Gasteiger partial charge in [0.05, 0.1) is 17.2 Å². The predicted octanol–water partition coefficient (Wildman–Crippen LogP) is 5.67. The Kier molecular flexibility index (Phi) is 7.02. The van der Waals surface area contributed by atoms with E-state index in [4.69, 9.17) is 19.7 Å². The Balaban J connectivity index is 1.30. The molecule has 0 amide bonds. The Morgan fingerprint density at radius 3 is 2.20 bits per heavy atom. The molecule has 46 heavy (non-hydrogen) atoms. The quantitative estimate of drug-likeness (QED) is 0.245. The number of rotatable bonds is 6. The van der Waals surface area contributed by atoms with E-state index in [2.05, 4.69) is 5.16 Å². The molecule has 0 saturated heterocycles. The van der Waals surface area contributed by atoms with Crippen LogP contribution in [-0.4, -0.2) is 32.5 Å². The fourth-order valence-corrected chi connectivity index (χ4v) is 6.84. The highest BCUT2D eigenvalue weighted by molar-refractivity contribution is 6.16. The van der Waals surface area contributed by atoms with Crippen molar-refractivity contribution in [3.05, 3.63) is 123 Å². The molecule has 9 nitrogen and oxygen atoms in total. The number of hydrogen-bond acceptors (Lipinski definition) is 9. The minimum Gasteiger partial charge on any atom is -0.508 e. The van der Waals surface area contributed by atoms with Crippen LogP contribution in [0, 0.1) is 11.8 Å². The van der Waals surface area contributed by atoms with Crippen molar-refractivity contribution in [2.24, 2.45) is 17.6 Å². The summed E-state index contributed by atoms with van der Waals surface area (Å²) in [6.45, 7) is -0.0380. The lowest BCUT2D eigenvalue weighted by Gasteiger charge is -2.47. The standard InChI is InChI=1S/C34H27F3N2O7/c35-34(36,37)21-11-12-23(44-15-17-7-3-1-4-8-17)25-20(21)13-19-14-22-27(38)29-26(31(42)33(22,43)30(41)24(19)28(25)40)32(39-46-29)45-16-18-9-5-2-6-10-18/h1-12,19,22,27,41,43H,13-16,38H2/t19-,22-,27-,33-/m0/s1. The minimum absolute atomic E-state index is 0.00189. The number of hydrogen-bond donors (Lipinski definition) is 3. The molecule has 0 unspecified atom stereocenters. The van der Waals surface area contributed by atoms with Crippen LogP contribution in [0.5, 0.6) is 11.6 Å². The van der Waals surface area contributed by atoms with E-state index in [0.29, 0.717) is 5.56 Å². The molecule has 0 aliphatic heterocycles. The topological polar surface area (TPSA) is 145 Å². The average molecular weight is 633 g/mol. The first-order valence-corrected chi connectivity index (χ1v) is 14.6. The summed E-state index contributed by atoms with van der Waals surface area (Å²) in [5, 5.41) is 27.4. The third-order valence-corrected chi connectivity index (χ3v) is 9.05. The monoisotopic (exact) mass is 632 g/mol. The number of carbonyl (C=O) groups excluding carboxylic acids is 2. The Labute approximate surface area is 260 Å². The number of nitrogens with zero attached hydrogens (tertiary/aromatic N) is 1. The lowest BCUT2D eigenvalue weighted by molar-refractivity contribution is -0.138. The summed E-state index contributed by atoms with van der Waals surface area (Å²) < 4.78 is 59.6. The van der Waals surface area contributed by atoms with E-state index in [1.165, 1.54) is 0 Å². The van der Waals surface area contributed by atoms with E-state index in [1.54, 1.807) is 54.6 Å². The van der Waals surface area contributed by atoms with Gasteiger partial charge in [0.2, 0.25) is 5.78 Å². The van der Waals surface area contributed by atoms with E-state index in [1.807, 2.05) is 6.07 Å². The molecule has 12 heteroatoms. The molecule has 1 heterocycles. The van der Waals surface area contributed by atoms with Crippen molar-refractivity contribution in [2.75, 3.05) is 0 Å². The molecule has 3 aliphatic carbocycles. The molecular weight excluding hydrogens is 605 g/mol. The summed E-state index contributed by atoms with van der Waals surface area (Å²) in [7, 11) is 0. The molecule has 0 radical (unpaired) electrons. The fraction of sp³-hybridized carbons (Fsp3) is 0.265. The van der Waals surface area contributed by atoms with Gasteiger partial charge in [0.25, 0.3) is 5.88 Å². The van der Waals surface area contributed by atoms with Gasteiger partial charge in [-0.1, -0.05) is 60.7 Å². The molecular formula is C34H27F3N2O7. The van der Waals surface area contributed by atoms with Gasteiger partial charge in [0, 0.05) is 11.5 Å². The van der Waals surface area contributed by atoms with E-state index in [9.17, 15) is 33.0 Å². The van der Waals surface area contributed by atoms with Gasteiger partial charge in [-0.25, -0.2) is 0 Å². The highest BCUT2D eigenvalue weighted by Gasteiger charge is 2.63. The minimum atomic E-state index is -4.79. The van der Waals surface area contributed by atoms with Crippen LogP contribution in [0.1, 0.15) is 61.2 Å². The number of nitrogens with two attached hydrogens (primary N) is 1. The molecule has 3 aliphatic rings. The maximum absolute atomic E-state index is 14.2. The van der Waals surface area contributed by atoms with Crippen molar-refractivity contribution < 1.29 is 47.0 Å². The first kappa shape index (κ1) is 29.8. The van der Waals surface area contributed by atoms with Crippen molar-refractivity contribution in [3.8, 4) is 11.6 Å². The van der Waals surface area contributed by atoms with Crippen LogP contribution in [0.25, 0.3) is 0 Å². The van der Waals surface area contributed by atoms with Crippen LogP contribution in [0.2, 0.25) is 0 Å². The Bertz CT molecular complexity index is 1890. The first-order chi connectivity index (χ1) is 22.0. The van der Waals surface area contributed by atoms with Crippen molar-refractivity contribution in [1.29, 1.82) is 0 Å². The molecule has 0 spiro atoms. The highest BCUT2D eigenvalue weighted by Crippen LogP contribution is 2.55. The van der Waals surface area contributed by atoms with Gasteiger partial charge in [-0.2, -0.15) is 13.2 Å². The second-order valence-electron chi connectivity index (χ2n) is 11.7. The number of ether oxygens (including phenoxy) is 2. The molecule has 1 aromatic heterocycles. The SMILES string of the molecule is N[C@@H]1c2onc(OCc3ccccc3)c2C(=O)[C@@]2(O)C(O)=C3C(=O)c4c(OCc5ccccc5)ccc(C(F)(F)F)c4C[C@H]3C[C@@H]12. The van der Waals surface area contributed by atoms with E-state index >= 15 is 0 Å². The average Bonchev–Trinajstić information content (AvgIpc) is 3.47. The normalized spacial score (nSPS) is 23.7. The van der Waals surface area contributed by atoms with Gasteiger partial charge in [-0.3, -0.25) is 9.59 Å². The van der Waals surface area contributed by atoms with Gasteiger partial charge in [0.15, 0.2) is 17.1 Å². The molecule has 4 atom stereocenters. The number of fused-ring (bicyclic) bond motifs is 4. The molecule has 4 N–H and O–H groups in total. The van der Waals surface area contributed by atoms with Crippen molar-refractivity contribution in [3.63, 3.8) is 0 Å². The Morgan fingerprint density at radius 2 is 1.57 bits per heavy atom. The van der Waals surface area contributed by atoms with Crippen LogP contribution in [0.3, 0.4) is 0 Å². The van der Waals surface area contributed by atoms with Crippen LogP contribution in [0.15, 0.2) is 88.7 Å². The van der Waals surface area contributed by atoms with Crippen LogP contribution < -0.4 is 15.2 Å². The number of aliphatic hydroxyl groups excluding tert-OH is 1. The highest BCUT2D eigenvalue weighted by atomic mass is 19.4. The zero-order valence-corrected chi connectivity index (χ0v) is 24.1. The number of Topliss-reactive ketones (excluding diaryl/α,β-unsaturated/α-hetero) is 2. The molecule has 4 aromatic rings. The van der Waals surface area contributed by atoms with Gasteiger partial charge < -0.3 is 29.9 Å². The maximum Gasteiger partial charge on any atom is 0.416 e. The number of halogens is 3. The third kappa shape index (κ3) is 4.59. The molecule has 0 bridgehead atoms. The van der Waals surface area contributed by atoms with Crippen molar-refractivity contribution in [1.82, 2.24) is 5.16 Å². The van der Waals surface area contributed by atoms with Gasteiger partial charge in [-0.15, -0.1) is 0 Å². The number of aliphatic hydroxyl groups is 2. The van der Waals surface area contributed by atoms with E-state index in [0.717, 1.165) is 17.7 Å². The summed E-state index contributed by atoms with van der Waals surface area (Å²) in [5.41, 5.74) is 2.95. The lowest BCUT2D eigenvalue weighted by Crippen LogP contribution is -2.58. The number of carbonyl (C=O) groups is 2. The summed E-state index contributed by atoms with van der Waals surface area (Å²) in [5.74, 6) is -5.66. The summed E-state index contributed by atoms with van der Waals surface area (Å²) in [6.07, 6.45) is -5.30. The number of allylic oxidation sites excluding steroid dienone is 1. The second-order valence-corrected chi connectivity index (χ2v) is 11.7. The summed E-state index contributed by atoms with van der Waals surface area (Å²) in [4.78, 5) is 28.1. The Morgan fingerprint density at radius 1 is 0.935 bits per heavy atom. The summed E-state index contributed by atoms with van der Waals surface area (Å²) in [6, 6.07) is 18.6. The maximum atomic E-state index is 14.2. The van der Waals surface area contributed by atoms with Crippen LogP contribution in [0.4, 0.5) is 13.2 Å². The van der Waals surface area contributed by atoms with Gasteiger partial charge in [-0.05, 0) is 52.7 Å². The smallest absolute Gasteiger partial charge is 0.416 e. The van der Waals surface area contributed by atoms with Crippen LogP contribution in [-0.2, 0) is 25.8 Å². The summed E-state index contributed by atoms with van der Waals surface area (Å²) >= 11 is 0.